The Labute approximate surface area is 158 Å². The van der Waals surface area contributed by atoms with Gasteiger partial charge in [-0.1, -0.05) is 25.1 Å². The Morgan fingerprint density at radius 2 is 2.00 bits per heavy atom. The molecule has 2 aliphatic heterocycles. The van der Waals surface area contributed by atoms with Gasteiger partial charge in [0.1, 0.15) is 23.7 Å². The lowest BCUT2D eigenvalue weighted by Gasteiger charge is -2.50. The Bertz CT molecular complexity index is 607. The van der Waals surface area contributed by atoms with Crippen LogP contribution in [0.2, 0.25) is 0 Å². The fourth-order valence-electron chi connectivity index (χ4n) is 3.26. The molecule has 1 aromatic carbocycles. The maximum Gasteiger partial charge on any atom is 0.338 e. The summed E-state index contributed by atoms with van der Waals surface area (Å²) in [5.41, 5.74) is 0.158. The zero-order valence-corrected chi connectivity index (χ0v) is 16.4. The van der Waals surface area contributed by atoms with Gasteiger partial charge in [-0.25, -0.2) is 4.79 Å². The maximum atomic E-state index is 12.6. The van der Waals surface area contributed by atoms with Crippen molar-refractivity contribution in [2.75, 3.05) is 19.5 Å². The molecular weight excluding hydrogens is 356 g/mol. The fourth-order valence-corrected chi connectivity index (χ4v) is 4.21. The molecular formula is C19H26O6S. The van der Waals surface area contributed by atoms with Crippen molar-refractivity contribution < 1.29 is 28.5 Å². The highest BCUT2D eigenvalue weighted by Gasteiger charge is 2.53. The summed E-state index contributed by atoms with van der Waals surface area (Å²) in [4.78, 5) is 12.6. The van der Waals surface area contributed by atoms with Crippen molar-refractivity contribution >= 4 is 17.7 Å². The highest BCUT2D eigenvalue weighted by atomic mass is 32.2. The molecule has 2 saturated heterocycles. The van der Waals surface area contributed by atoms with Crippen molar-refractivity contribution in [3.05, 3.63) is 35.9 Å². The van der Waals surface area contributed by atoms with E-state index in [-0.39, 0.29) is 17.6 Å². The van der Waals surface area contributed by atoms with Crippen LogP contribution in [-0.2, 0) is 23.7 Å². The van der Waals surface area contributed by atoms with Crippen LogP contribution in [0.3, 0.4) is 0 Å². The van der Waals surface area contributed by atoms with Gasteiger partial charge in [-0.05, 0) is 31.7 Å². The summed E-state index contributed by atoms with van der Waals surface area (Å²) in [7, 11) is 1.61. The molecule has 3 rings (SSSR count). The molecule has 0 aliphatic carbocycles. The molecule has 6 nitrogen and oxygen atoms in total. The predicted molar refractivity (Wildman–Crippen MR) is 98.1 cm³/mol. The van der Waals surface area contributed by atoms with Gasteiger partial charge in [-0.15, -0.1) is 11.8 Å². The molecule has 1 aromatic rings. The first kappa shape index (κ1) is 19.6. The summed E-state index contributed by atoms with van der Waals surface area (Å²) in [6.45, 7) is 6.16. The number of thioether (sulfide) groups is 1. The standard InChI is InChI=1S/C19H26O6S/c1-5-26-18-16(24-17(20)12-9-7-6-8-10-12)15(21-4)14-13(23-18)11-22-19(2,3)25-14/h6-10,13-16,18H,5,11H2,1-4H3/t13-,14+,15-,16+,18-/m0/s1. The van der Waals surface area contributed by atoms with Crippen molar-refractivity contribution in [3.8, 4) is 0 Å². The van der Waals surface area contributed by atoms with Gasteiger partial charge in [0.15, 0.2) is 11.9 Å². The molecule has 0 spiro atoms. The van der Waals surface area contributed by atoms with Crippen LogP contribution in [0.1, 0.15) is 31.1 Å². The van der Waals surface area contributed by atoms with Gasteiger partial charge in [0, 0.05) is 7.11 Å². The number of benzene rings is 1. The zero-order chi connectivity index (χ0) is 18.7. The van der Waals surface area contributed by atoms with Crippen LogP contribution < -0.4 is 0 Å². The summed E-state index contributed by atoms with van der Waals surface area (Å²) in [6.07, 6.45) is -1.64. The van der Waals surface area contributed by atoms with Gasteiger partial charge in [0.2, 0.25) is 0 Å². The van der Waals surface area contributed by atoms with E-state index in [0.29, 0.717) is 12.2 Å². The van der Waals surface area contributed by atoms with Crippen LogP contribution in [-0.4, -0.2) is 61.1 Å². The van der Waals surface area contributed by atoms with Gasteiger partial charge >= 0.3 is 5.97 Å². The number of carbonyl (C=O) groups excluding carboxylic acids is 1. The Morgan fingerprint density at radius 1 is 1.27 bits per heavy atom. The van der Waals surface area contributed by atoms with Crippen molar-refractivity contribution in [1.82, 2.24) is 0 Å². The quantitative estimate of drug-likeness (QED) is 0.726. The molecule has 0 aromatic heterocycles. The fraction of sp³-hybridized carbons (Fsp3) is 0.632. The smallest absolute Gasteiger partial charge is 0.338 e. The SMILES string of the molecule is CCS[C@@H]1O[C@H]2COC(C)(C)O[C@H]2[C@H](OC)[C@H]1OC(=O)c1ccccc1. The Morgan fingerprint density at radius 3 is 2.65 bits per heavy atom. The highest BCUT2D eigenvalue weighted by molar-refractivity contribution is 7.99. The molecule has 0 unspecified atom stereocenters. The second kappa shape index (κ2) is 8.27. The average molecular weight is 382 g/mol. The third-order valence-electron chi connectivity index (χ3n) is 4.46. The van der Waals surface area contributed by atoms with Crippen LogP contribution in [0.25, 0.3) is 0 Å². The summed E-state index contributed by atoms with van der Waals surface area (Å²) in [6, 6.07) is 8.93. The van der Waals surface area contributed by atoms with Crippen molar-refractivity contribution in [2.45, 2.75) is 56.4 Å². The van der Waals surface area contributed by atoms with E-state index in [1.54, 1.807) is 43.1 Å². The second-order valence-corrected chi connectivity index (χ2v) is 8.10. The number of carbonyl (C=O) groups is 1. The van der Waals surface area contributed by atoms with Gasteiger partial charge < -0.3 is 23.7 Å². The number of ether oxygens (including phenoxy) is 5. The lowest BCUT2D eigenvalue weighted by atomic mass is 9.98. The molecule has 144 valence electrons. The number of hydrogen-bond donors (Lipinski definition) is 0. The number of methoxy groups -OCH3 is 1. The highest BCUT2D eigenvalue weighted by Crippen LogP contribution is 2.38. The van der Waals surface area contributed by atoms with E-state index < -0.39 is 24.0 Å². The molecule has 26 heavy (non-hydrogen) atoms. The first-order valence-corrected chi connectivity index (χ1v) is 9.87. The van der Waals surface area contributed by atoms with E-state index >= 15 is 0 Å². The van der Waals surface area contributed by atoms with Gasteiger partial charge in [-0.3, -0.25) is 0 Å². The molecule has 0 saturated carbocycles. The van der Waals surface area contributed by atoms with Crippen LogP contribution in [0, 0.1) is 0 Å². The summed E-state index contributed by atoms with van der Waals surface area (Å²) >= 11 is 1.58. The molecule has 0 N–H and O–H groups in total. The van der Waals surface area contributed by atoms with E-state index in [9.17, 15) is 4.79 Å². The third kappa shape index (κ3) is 4.23. The third-order valence-corrected chi connectivity index (χ3v) is 5.50. The Balaban J connectivity index is 1.82. The number of fused-ring (bicyclic) bond motifs is 1. The van der Waals surface area contributed by atoms with Crippen LogP contribution in [0.5, 0.6) is 0 Å². The molecule has 0 bridgehead atoms. The minimum atomic E-state index is -0.736. The first-order valence-electron chi connectivity index (χ1n) is 8.83. The van der Waals surface area contributed by atoms with Gasteiger partial charge in [-0.2, -0.15) is 0 Å². The minimum absolute atomic E-state index is 0.260. The molecule has 0 radical (unpaired) electrons. The van der Waals surface area contributed by atoms with E-state index in [2.05, 4.69) is 0 Å². The van der Waals surface area contributed by atoms with Gasteiger partial charge in [0.05, 0.1) is 12.2 Å². The summed E-state index contributed by atoms with van der Waals surface area (Å²) in [5, 5.41) is 0. The lowest BCUT2D eigenvalue weighted by Crippen LogP contribution is -2.65. The Hall–Kier alpha value is -1.12. The van der Waals surface area contributed by atoms with Crippen molar-refractivity contribution in [1.29, 1.82) is 0 Å². The Kier molecular flexibility index (Phi) is 6.25. The van der Waals surface area contributed by atoms with Crippen molar-refractivity contribution in [2.24, 2.45) is 0 Å². The van der Waals surface area contributed by atoms with Gasteiger partial charge in [0.25, 0.3) is 0 Å². The predicted octanol–water partition coefficient (Wildman–Crippen LogP) is 2.86. The number of rotatable bonds is 5. The summed E-state index contributed by atoms with van der Waals surface area (Å²) < 4.78 is 29.5. The first-order chi connectivity index (χ1) is 12.4. The lowest BCUT2D eigenvalue weighted by molar-refractivity contribution is -0.351. The molecule has 5 atom stereocenters. The van der Waals surface area contributed by atoms with Crippen LogP contribution in [0.15, 0.2) is 30.3 Å². The van der Waals surface area contributed by atoms with E-state index in [4.69, 9.17) is 23.7 Å². The average Bonchev–Trinajstić information content (AvgIpc) is 2.63. The summed E-state index contributed by atoms with van der Waals surface area (Å²) in [5.74, 6) is -0.307. The van der Waals surface area contributed by atoms with Crippen LogP contribution >= 0.6 is 11.8 Å². The minimum Gasteiger partial charge on any atom is -0.452 e. The van der Waals surface area contributed by atoms with E-state index in [1.807, 2.05) is 26.8 Å². The van der Waals surface area contributed by atoms with Crippen molar-refractivity contribution in [3.63, 3.8) is 0 Å². The monoisotopic (exact) mass is 382 g/mol. The number of esters is 1. The largest absolute Gasteiger partial charge is 0.452 e. The zero-order valence-electron chi connectivity index (χ0n) is 15.5. The molecule has 2 aliphatic rings. The van der Waals surface area contributed by atoms with E-state index in [0.717, 1.165) is 5.75 Å². The number of hydrogen-bond acceptors (Lipinski definition) is 7. The van der Waals surface area contributed by atoms with E-state index in [1.165, 1.54) is 0 Å². The topological polar surface area (TPSA) is 63.2 Å². The maximum absolute atomic E-state index is 12.6. The molecule has 7 heteroatoms. The van der Waals surface area contributed by atoms with Crippen LogP contribution in [0.4, 0.5) is 0 Å². The second-order valence-electron chi connectivity index (χ2n) is 6.73. The normalized spacial score (nSPS) is 33.3. The molecule has 0 amide bonds. The molecule has 2 heterocycles. The molecule has 2 fully saturated rings.